The zero-order valence-electron chi connectivity index (χ0n) is 15.8. The molecule has 0 atom stereocenters. The highest BCUT2D eigenvalue weighted by molar-refractivity contribution is 5.96. The van der Waals surface area contributed by atoms with Gasteiger partial charge in [0.25, 0.3) is 5.91 Å². The normalized spacial score (nSPS) is 17.1. The molecule has 142 valence electrons. The summed E-state index contributed by atoms with van der Waals surface area (Å²) in [7, 11) is 1.90. The van der Waals surface area contributed by atoms with Crippen LogP contribution in [0.4, 0.5) is 10.5 Å². The van der Waals surface area contributed by atoms with E-state index in [2.05, 4.69) is 10.4 Å². The van der Waals surface area contributed by atoms with E-state index in [0.29, 0.717) is 32.1 Å². The highest BCUT2D eigenvalue weighted by Gasteiger charge is 2.34. The average molecular weight is 367 g/mol. The number of aryl methyl sites for hydroxylation is 2. The SMILES string of the molecule is Cc1ccc(NC(=O)N2CCN(C(=O)c3cnn(C)c3C3CC3)CC2)cc1. The summed E-state index contributed by atoms with van der Waals surface area (Å²) in [4.78, 5) is 29.0. The summed E-state index contributed by atoms with van der Waals surface area (Å²) < 4.78 is 1.83. The van der Waals surface area contributed by atoms with E-state index < -0.39 is 0 Å². The number of hydrogen-bond acceptors (Lipinski definition) is 3. The summed E-state index contributed by atoms with van der Waals surface area (Å²) >= 11 is 0. The monoisotopic (exact) mass is 367 g/mol. The molecule has 1 aromatic heterocycles. The van der Waals surface area contributed by atoms with Crippen molar-refractivity contribution in [3.8, 4) is 0 Å². The van der Waals surface area contributed by atoms with Gasteiger partial charge in [-0.05, 0) is 31.9 Å². The lowest BCUT2D eigenvalue weighted by atomic mass is 10.1. The van der Waals surface area contributed by atoms with Gasteiger partial charge >= 0.3 is 6.03 Å². The van der Waals surface area contributed by atoms with Crippen molar-refractivity contribution in [1.29, 1.82) is 0 Å². The van der Waals surface area contributed by atoms with E-state index in [1.54, 1.807) is 11.1 Å². The molecule has 1 aliphatic carbocycles. The maximum atomic E-state index is 12.9. The van der Waals surface area contributed by atoms with Crippen molar-refractivity contribution in [1.82, 2.24) is 19.6 Å². The van der Waals surface area contributed by atoms with Crippen molar-refractivity contribution in [2.24, 2.45) is 7.05 Å². The van der Waals surface area contributed by atoms with Crippen LogP contribution >= 0.6 is 0 Å². The zero-order valence-corrected chi connectivity index (χ0v) is 15.8. The molecule has 27 heavy (non-hydrogen) atoms. The van der Waals surface area contributed by atoms with Crippen molar-refractivity contribution in [3.63, 3.8) is 0 Å². The minimum Gasteiger partial charge on any atom is -0.335 e. The van der Waals surface area contributed by atoms with Gasteiger partial charge in [0.1, 0.15) is 0 Å². The Morgan fingerprint density at radius 2 is 1.67 bits per heavy atom. The fourth-order valence-corrected chi connectivity index (χ4v) is 3.58. The maximum absolute atomic E-state index is 12.9. The van der Waals surface area contributed by atoms with Gasteiger partial charge in [-0.25, -0.2) is 4.79 Å². The first-order valence-corrected chi connectivity index (χ1v) is 9.46. The van der Waals surface area contributed by atoms with Crippen molar-refractivity contribution in [2.75, 3.05) is 31.5 Å². The molecule has 7 nitrogen and oxygen atoms in total. The number of nitrogens with zero attached hydrogens (tertiary/aromatic N) is 4. The molecule has 7 heteroatoms. The number of aromatic nitrogens is 2. The van der Waals surface area contributed by atoms with E-state index in [0.717, 1.165) is 35.3 Å². The van der Waals surface area contributed by atoms with Crippen LogP contribution in [-0.2, 0) is 7.05 Å². The quantitative estimate of drug-likeness (QED) is 0.906. The first-order valence-electron chi connectivity index (χ1n) is 9.46. The molecule has 0 bridgehead atoms. The number of nitrogens with one attached hydrogen (secondary N) is 1. The lowest BCUT2D eigenvalue weighted by Gasteiger charge is -2.34. The van der Waals surface area contributed by atoms with Crippen LogP contribution in [0.15, 0.2) is 30.5 Å². The van der Waals surface area contributed by atoms with E-state index in [1.807, 2.05) is 47.8 Å². The number of hydrogen-bond donors (Lipinski definition) is 1. The maximum Gasteiger partial charge on any atom is 0.321 e. The molecule has 2 aliphatic rings. The van der Waals surface area contributed by atoms with Crippen molar-refractivity contribution in [3.05, 3.63) is 47.3 Å². The minimum absolute atomic E-state index is 0.0311. The molecule has 2 aromatic rings. The van der Waals surface area contributed by atoms with E-state index in [-0.39, 0.29) is 11.9 Å². The van der Waals surface area contributed by atoms with Crippen LogP contribution < -0.4 is 5.32 Å². The second-order valence-corrected chi connectivity index (χ2v) is 7.42. The van der Waals surface area contributed by atoms with E-state index in [1.165, 1.54) is 0 Å². The van der Waals surface area contributed by atoms with Crippen molar-refractivity contribution >= 4 is 17.6 Å². The number of amides is 3. The number of carbonyl (C=O) groups excluding carboxylic acids is 2. The molecule has 2 fully saturated rings. The fourth-order valence-electron chi connectivity index (χ4n) is 3.58. The van der Waals surface area contributed by atoms with Crippen LogP contribution in [0.25, 0.3) is 0 Å². The molecule has 0 unspecified atom stereocenters. The number of carbonyl (C=O) groups is 2. The van der Waals surface area contributed by atoms with E-state index in [9.17, 15) is 9.59 Å². The smallest absolute Gasteiger partial charge is 0.321 e. The highest BCUT2D eigenvalue weighted by Crippen LogP contribution is 2.41. The molecule has 1 saturated carbocycles. The Bertz CT molecular complexity index is 846. The van der Waals surface area contributed by atoms with Gasteiger partial charge in [0.15, 0.2) is 0 Å². The molecule has 1 saturated heterocycles. The molecule has 0 spiro atoms. The van der Waals surface area contributed by atoms with E-state index >= 15 is 0 Å². The lowest BCUT2D eigenvalue weighted by molar-refractivity contribution is 0.0670. The van der Waals surface area contributed by atoms with Gasteiger partial charge in [-0.3, -0.25) is 9.48 Å². The first kappa shape index (κ1) is 17.6. The molecule has 0 radical (unpaired) electrons. The predicted molar refractivity (Wildman–Crippen MR) is 103 cm³/mol. The van der Waals surface area contributed by atoms with Crippen molar-refractivity contribution in [2.45, 2.75) is 25.7 Å². The van der Waals surface area contributed by atoms with Gasteiger partial charge in [-0.15, -0.1) is 0 Å². The standard InChI is InChI=1S/C20H25N5O2/c1-14-3-7-16(8-4-14)22-20(27)25-11-9-24(10-12-25)19(26)17-13-21-23(2)18(17)15-5-6-15/h3-4,7-8,13,15H,5-6,9-12H2,1-2H3,(H,22,27). The summed E-state index contributed by atoms with van der Waals surface area (Å²) in [6.07, 6.45) is 3.95. The van der Waals surface area contributed by atoms with Crippen LogP contribution in [0.3, 0.4) is 0 Å². The Morgan fingerprint density at radius 3 is 2.30 bits per heavy atom. The van der Waals surface area contributed by atoms with E-state index in [4.69, 9.17) is 0 Å². The van der Waals surface area contributed by atoms with Gasteiger partial charge in [0.2, 0.25) is 0 Å². The van der Waals surface area contributed by atoms with Gasteiger partial charge in [-0.2, -0.15) is 5.10 Å². The Balaban J connectivity index is 1.35. The third-order valence-electron chi connectivity index (χ3n) is 5.34. The Kier molecular flexibility index (Phi) is 4.59. The Hall–Kier alpha value is -2.83. The highest BCUT2D eigenvalue weighted by atomic mass is 16.2. The summed E-state index contributed by atoms with van der Waals surface area (Å²) in [6.45, 7) is 4.15. The van der Waals surface area contributed by atoms with Crippen LogP contribution in [0, 0.1) is 6.92 Å². The van der Waals surface area contributed by atoms with Gasteiger partial charge in [0.05, 0.1) is 17.5 Å². The minimum atomic E-state index is -0.119. The van der Waals surface area contributed by atoms with Crippen molar-refractivity contribution < 1.29 is 9.59 Å². The predicted octanol–water partition coefficient (Wildman–Crippen LogP) is 2.60. The van der Waals surface area contributed by atoms with Crippen LogP contribution in [0.1, 0.15) is 40.4 Å². The lowest BCUT2D eigenvalue weighted by Crippen LogP contribution is -2.51. The first-order chi connectivity index (χ1) is 13.0. The van der Waals surface area contributed by atoms with Crippen LogP contribution in [0.2, 0.25) is 0 Å². The number of anilines is 1. The Morgan fingerprint density at radius 1 is 1.04 bits per heavy atom. The topological polar surface area (TPSA) is 70.5 Å². The fraction of sp³-hybridized carbons (Fsp3) is 0.450. The molecule has 1 aliphatic heterocycles. The molecular weight excluding hydrogens is 342 g/mol. The number of rotatable bonds is 3. The third-order valence-corrected chi connectivity index (χ3v) is 5.34. The van der Waals surface area contributed by atoms with Crippen LogP contribution in [-0.4, -0.2) is 57.7 Å². The van der Waals surface area contributed by atoms with Gasteiger partial charge in [-0.1, -0.05) is 17.7 Å². The summed E-state index contributed by atoms with van der Waals surface area (Å²) in [6, 6.07) is 7.62. The molecule has 3 amide bonds. The second-order valence-electron chi connectivity index (χ2n) is 7.42. The summed E-state index contributed by atoms with van der Waals surface area (Å²) in [5.74, 6) is 0.501. The summed E-state index contributed by atoms with van der Waals surface area (Å²) in [5.41, 5.74) is 3.71. The third kappa shape index (κ3) is 3.67. The van der Waals surface area contributed by atoms with Crippen LogP contribution in [0.5, 0.6) is 0 Å². The Labute approximate surface area is 158 Å². The number of piperazine rings is 1. The molecule has 4 rings (SSSR count). The molecule has 2 heterocycles. The number of urea groups is 1. The second kappa shape index (κ2) is 7.06. The molecular formula is C20H25N5O2. The average Bonchev–Trinajstić information content (AvgIpc) is 3.44. The molecule has 1 N–H and O–H groups in total. The largest absolute Gasteiger partial charge is 0.335 e. The van der Waals surface area contributed by atoms with Gasteiger partial charge in [0, 0.05) is 44.8 Å². The number of benzene rings is 1. The summed E-state index contributed by atoms with van der Waals surface area (Å²) in [5, 5.41) is 7.20. The zero-order chi connectivity index (χ0) is 19.0. The van der Waals surface area contributed by atoms with Gasteiger partial charge < -0.3 is 15.1 Å². The molecule has 1 aromatic carbocycles.